The number of benzene rings is 1. The van der Waals surface area contributed by atoms with Crippen LogP contribution in [0.1, 0.15) is 10.4 Å². The molecule has 0 saturated carbocycles. The van der Waals surface area contributed by atoms with Crippen molar-refractivity contribution in [3.63, 3.8) is 0 Å². The van der Waals surface area contributed by atoms with E-state index in [1.807, 2.05) is 0 Å². The predicted octanol–water partition coefficient (Wildman–Crippen LogP) is 1.51. The van der Waals surface area contributed by atoms with Crippen LogP contribution in [0.3, 0.4) is 0 Å². The normalized spacial score (nSPS) is 10.7. The van der Waals surface area contributed by atoms with Gasteiger partial charge in [-0.2, -0.15) is 0 Å². The lowest BCUT2D eigenvalue weighted by Gasteiger charge is -2.15. The van der Waals surface area contributed by atoms with Gasteiger partial charge in [0.2, 0.25) is 12.1 Å². The van der Waals surface area contributed by atoms with Crippen molar-refractivity contribution in [1.29, 1.82) is 0 Å². The van der Waals surface area contributed by atoms with E-state index in [-0.39, 0.29) is 5.78 Å². The number of para-hydroxylation sites is 1. The minimum Gasteiger partial charge on any atom is -0.490 e. The van der Waals surface area contributed by atoms with Gasteiger partial charge in [-0.05, 0) is 12.1 Å². The van der Waals surface area contributed by atoms with Gasteiger partial charge >= 0.3 is 0 Å². The van der Waals surface area contributed by atoms with Gasteiger partial charge in [0.05, 0.1) is 12.2 Å². The van der Waals surface area contributed by atoms with E-state index >= 15 is 0 Å². The second-order valence-corrected chi connectivity index (χ2v) is 3.51. The van der Waals surface area contributed by atoms with Crippen molar-refractivity contribution in [2.75, 3.05) is 34.5 Å². The maximum atomic E-state index is 12.1. The molecule has 5 nitrogen and oxygen atoms in total. The Morgan fingerprint density at radius 1 is 1.11 bits per heavy atom. The van der Waals surface area contributed by atoms with Crippen LogP contribution in [0.15, 0.2) is 24.3 Å². The summed E-state index contributed by atoms with van der Waals surface area (Å²) in [6.45, 7) is 0.839. The number of rotatable bonds is 8. The van der Waals surface area contributed by atoms with E-state index in [1.54, 1.807) is 31.4 Å². The Morgan fingerprint density at radius 3 is 2.39 bits per heavy atom. The zero-order valence-electron chi connectivity index (χ0n) is 10.8. The van der Waals surface area contributed by atoms with Crippen LogP contribution in [-0.2, 0) is 14.2 Å². The Morgan fingerprint density at radius 2 is 1.78 bits per heavy atom. The minimum atomic E-state index is -0.919. The summed E-state index contributed by atoms with van der Waals surface area (Å²) in [6, 6.07) is 6.97. The first-order valence-electron chi connectivity index (χ1n) is 5.55. The van der Waals surface area contributed by atoms with Crippen molar-refractivity contribution in [2.24, 2.45) is 0 Å². The molecule has 0 saturated heterocycles. The van der Waals surface area contributed by atoms with Crippen LogP contribution >= 0.6 is 0 Å². The highest BCUT2D eigenvalue weighted by Crippen LogP contribution is 2.20. The van der Waals surface area contributed by atoms with Crippen molar-refractivity contribution < 1.29 is 23.7 Å². The SMILES string of the molecule is COCCOc1ccccc1C(=O)C(OC)OC. The summed E-state index contributed by atoms with van der Waals surface area (Å²) < 4.78 is 20.3. The number of hydrogen-bond acceptors (Lipinski definition) is 5. The smallest absolute Gasteiger partial charge is 0.222 e. The number of ketones is 1. The summed E-state index contributed by atoms with van der Waals surface area (Å²) in [7, 11) is 4.42. The van der Waals surface area contributed by atoms with Crippen molar-refractivity contribution in [3.8, 4) is 5.75 Å². The lowest BCUT2D eigenvalue weighted by molar-refractivity contribution is -0.0743. The second-order valence-electron chi connectivity index (χ2n) is 3.51. The van der Waals surface area contributed by atoms with Gasteiger partial charge in [0.1, 0.15) is 12.4 Å². The zero-order valence-corrected chi connectivity index (χ0v) is 10.8. The first kappa shape index (κ1) is 14.6. The fourth-order valence-electron chi connectivity index (χ4n) is 1.47. The van der Waals surface area contributed by atoms with Gasteiger partial charge in [-0.3, -0.25) is 4.79 Å². The fraction of sp³-hybridized carbons (Fsp3) is 0.462. The number of ether oxygens (including phenoxy) is 4. The van der Waals surface area contributed by atoms with Gasteiger partial charge in [-0.1, -0.05) is 12.1 Å². The number of hydrogen-bond donors (Lipinski definition) is 0. The molecule has 100 valence electrons. The van der Waals surface area contributed by atoms with E-state index in [0.717, 1.165) is 0 Å². The number of Topliss-reactive ketones (excluding diaryl/α,β-unsaturated/α-hetero) is 1. The summed E-state index contributed by atoms with van der Waals surface area (Å²) in [5.74, 6) is 0.228. The molecule has 0 aromatic heterocycles. The first-order valence-corrected chi connectivity index (χ1v) is 5.55. The van der Waals surface area contributed by atoms with E-state index in [1.165, 1.54) is 14.2 Å². The molecule has 0 unspecified atom stereocenters. The topological polar surface area (TPSA) is 54.0 Å². The van der Waals surface area contributed by atoms with Gasteiger partial charge in [-0.15, -0.1) is 0 Å². The van der Waals surface area contributed by atoms with Crippen LogP contribution < -0.4 is 4.74 Å². The third-order valence-electron chi connectivity index (χ3n) is 2.34. The maximum Gasteiger partial charge on any atom is 0.222 e. The second kappa shape index (κ2) is 7.81. The summed E-state index contributed by atoms with van der Waals surface area (Å²) in [5.41, 5.74) is 0.433. The quantitative estimate of drug-likeness (QED) is 0.400. The number of methoxy groups -OCH3 is 3. The van der Waals surface area contributed by atoms with Gasteiger partial charge < -0.3 is 18.9 Å². The van der Waals surface area contributed by atoms with Crippen LogP contribution in [0.2, 0.25) is 0 Å². The predicted molar refractivity (Wildman–Crippen MR) is 65.9 cm³/mol. The molecule has 5 heteroatoms. The van der Waals surface area contributed by atoms with Crippen LogP contribution in [-0.4, -0.2) is 46.6 Å². The zero-order chi connectivity index (χ0) is 13.4. The molecule has 0 radical (unpaired) electrons. The molecule has 0 atom stereocenters. The van der Waals surface area contributed by atoms with E-state index < -0.39 is 6.29 Å². The van der Waals surface area contributed by atoms with Crippen molar-refractivity contribution in [1.82, 2.24) is 0 Å². The monoisotopic (exact) mass is 254 g/mol. The molecule has 18 heavy (non-hydrogen) atoms. The van der Waals surface area contributed by atoms with Crippen LogP contribution in [0.5, 0.6) is 5.75 Å². The lowest BCUT2D eigenvalue weighted by atomic mass is 10.1. The highest BCUT2D eigenvalue weighted by Gasteiger charge is 2.22. The third kappa shape index (κ3) is 3.80. The Kier molecular flexibility index (Phi) is 6.35. The van der Waals surface area contributed by atoms with E-state index in [2.05, 4.69) is 0 Å². The molecule has 0 heterocycles. The largest absolute Gasteiger partial charge is 0.490 e. The van der Waals surface area contributed by atoms with Crippen molar-refractivity contribution in [2.45, 2.75) is 6.29 Å². The first-order chi connectivity index (χ1) is 8.74. The molecule has 1 aromatic carbocycles. The highest BCUT2D eigenvalue weighted by atomic mass is 16.7. The molecule has 0 N–H and O–H groups in total. The standard InChI is InChI=1S/C13H18O5/c1-15-8-9-18-11-7-5-4-6-10(11)12(14)13(16-2)17-3/h4-7,13H,8-9H2,1-3H3. The fourth-order valence-corrected chi connectivity index (χ4v) is 1.47. The molecule has 0 aliphatic carbocycles. The summed E-state index contributed by atoms with van der Waals surface area (Å²) in [6.07, 6.45) is -0.919. The van der Waals surface area contributed by atoms with Gasteiger partial charge in [-0.25, -0.2) is 0 Å². The molecular formula is C13H18O5. The molecule has 0 aliphatic rings. The molecular weight excluding hydrogens is 236 g/mol. The number of carbonyl (C=O) groups excluding carboxylic acids is 1. The molecule has 1 rings (SSSR count). The van der Waals surface area contributed by atoms with E-state index in [9.17, 15) is 4.79 Å². The van der Waals surface area contributed by atoms with E-state index in [0.29, 0.717) is 24.5 Å². The molecule has 0 amide bonds. The molecule has 0 bridgehead atoms. The third-order valence-corrected chi connectivity index (χ3v) is 2.34. The van der Waals surface area contributed by atoms with Gasteiger partial charge in [0.25, 0.3) is 0 Å². The van der Waals surface area contributed by atoms with Crippen LogP contribution in [0.25, 0.3) is 0 Å². The van der Waals surface area contributed by atoms with Crippen LogP contribution in [0, 0.1) is 0 Å². The Bertz CT molecular complexity index is 373. The van der Waals surface area contributed by atoms with Gasteiger partial charge in [0.15, 0.2) is 0 Å². The number of carbonyl (C=O) groups is 1. The molecule has 0 aliphatic heterocycles. The Labute approximate surface area is 107 Å². The van der Waals surface area contributed by atoms with Crippen molar-refractivity contribution in [3.05, 3.63) is 29.8 Å². The average molecular weight is 254 g/mol. The van der Waals surface area contributed by atoms with Gasteiger partial charge in [0, 0.05) is 21.3 Å². The Balaban J connectivity index is 2.83. The van der Waals surface area contributed by atoms with Crippen LogP contribution in [0.4, 0.5) is 0 Å². The lowest BCUT2D eigenvalue weighted by Crippen LogP contribution is -2.25. The summed E-state index contributed by atoms with van der Waals surface area (Å²) in [5, 5.41) is 0. The Hall–Kier alpha value is -1.43. The minimum absolute atomic E-state index is 0.270. The summed E-state index contributed by atoms with van der Waals surface area (Å²) in [4.78, 5) is 12.1. The molecule has 0 fully saturated rings. The van der Waals surface area contributed by atoms with E-state index in [4.69, 9.17) is 18.9 Å². The summed E-state index contributed by atoms with van der Waals surface area (Å²) >= 11 is 0. The van der Waals surface area contributed by atoms with Crippen molar-refractivity contribution >= 4 is 5.78 Å². The molecule has 0 spiro atoms. The highest BCUT2D eigenvalue weighted by molar-refractivity contribution is 6.01. The maximum absolute atomic E-state index is 12.1. The molecule has 1 aromatic rings. The average Bonchev–Trinajstić information content (AvgIpc) is 2.41.